The van der Waals surface area contributed by atoms with Crippen molar-refractivity contribution < 1.29 is 32.6 Å². The molecule has 240 valence electrons. The summed E-state index contributed by atoms with van der Waals surface area (Å²) in [5.74, 6) is -0.209. The number of rotatable bonds is 5. The third kappa shape index (κ3) is 5.95. The molecule has 4 aromatic rings. The number of para-hydroxylation sites is 1. The summed E-state index contributed by atoms with van der Waals surface area (Å²) in [7, 11) is -4.23. The number of phenolic OH excluding ortho intramolecular Hbond substituents is 1. The maximum atomic E-state index is 13.8. The SMILES string of the molecule is CC(C)(C)OC(=O)N1CCN(Cc2c(O)ccc3c2OC(=Cc2cn(S(=O)(=O)c4c(Cl)cccc4Cl)c4ccccc24)C3=O)CC1. The van der Waals surface area contributed by atoms with E-state index in [2.05, 4.69) is 4.90 Å². The smallest absolute Gasteiger partial charge is 0.410 e. The van der Waals surface area contributed by atoms with E-state index in [1.54, 1.807) is 35.2 Å². The fraction of sp³-hybridized carbons (Fsp3) is 0.273. The zero-order valence-electron chi connectivity index (χ0n) is 25.3. The van der Waals surface area contributed by atoms with Gasteiger partial charge in [-0.25, -0.2) is 17.2 Å². The van der Waals surface area contributed by atoms with Gasteiger partial charge in [0.2, 0.25) is 5.78 Å². The van der Waals surface area contributed by atoms with Crippen LogP contribution < -0.4 is 4.74 Å². The molecule has 13 heteroatoms. The number of hydrogen-bond acceptors (Lipinski definition) is 8. The lowest BCUT2D eigenvalue weighted by Gasteiger charge is -2.35. The average Bonchev–Trinajstić information content (AvgIpc) is 3.52. The number of piperazine rings is 1. The molecule has 3 heterocycles. The molecule has 10 nitrogen and oxygen atoms in total. The van der Waals surface area contributed by atoms with Gasteiger partial charge in [-0.2, -0.15) is 0 Å². The maximum Gasteiger partial charge on any atom is 0.410 e. The number of ketones is 1. The third-order valence-electron chi connectivity index (χ3n) is 7.75. The largest absolute Gasteiger partial charge is 0.507 e. The van der Waals surface area contributed by atoms with Crippen LogP contribution in [0, 0.1) is 0 Å². The molecule has 0 unspecified atom stereocenters. The summed E-state index contributed by atoms with van der Waals surface area (Å²) in [6, 6.07) is 14.3. The number of ether oxygens (including phenoxy) is 2. The number of hydrogen-bond donors (Lipinski definition) is 1. The van der Waals surface area contributed by atoms with Gasteiger partial charge >= 0.3 is 6.09 Å². The van der Waals surface area contributed by atoms with Gasteiger partial charge in [-0.1, -0.05) is 47.5 Å². The molecule has 1 fully saturated rings. The van der Waals surface area contributed by atoms with E-state index in [9.17, 15) is 23.1 Å². The summed E-state index contributed by atoms with van der Waals surface area (Å²) in [5.41, 5.74) is 0.912. The van der Waals surface area contributed by atoms with Gasteiger partial charge in [-0.15, -0.1) is 0 Å². The monoisotopic (exact) mass is 683 g/mol. The van der Waals surface area contributed by atoms with Gasteiger partial charge in [0.05, 0.1) is 26.7 Å². The summed E-state index contributed by atoms with van der Waals surface area (Å²) in [5, 5.41) is 11.3. The van der Waals surface area contributed by atoms with Crippen molar-refractivity contribution in [2.24, 2.45) is 0 Å². The van der Waals surface area contributed by atoms with Gasteiger partial charge < -0.3 is 19.5 Å². The van der Waals surface area contributed by atoms with Crippen LogP contribution in [0.25, 0.3) is 17.0 Å². The molecule has 2 aliphatic rings. The zero-order valence-corrected chi connectivity index (χ0v) is 27.6. The van der Waals surface area contributed by atoms with Crippen LogP contribution in [0.5, 0.6) is 11.5 Å². The number of aromatic hydroxyl groups is 1. The van der Waals surface area contributed by atoms with Crippen molar-refractivity contribution in [3.8, 4) is 11.5 Å². The molecule has 0 radical (unpaired) electrons. The van der Waals surface area contributed by atoms with Crippen molar-refractivity contribution in [2.75, 3.05) is 26.2 Å². The molecule has 1 saturated heterocycles. The Morgan fingerprint density at radius 2 is 1.67 bits per heavy atom. The molecule has 2 aliphatic heterocycles. The third-order valence-corrected chi connectivity index (χ3v) is 10.4. The predicted molar refractivity (Wildman–Crippen MR) is 175 cm³/mol. The molecule has 1 N–H and O–H groups in total. The van der Waals surface area contributed by atoms with E-state index in [1.807, 2.05) is 20.8 Å². The van der Waals surface area contributed by atoms with Gasteiger partial charge in [0.25, 0.3) is 10.0 Å². The van der Waals surface area contributed by atoms with Crippen molar-refractivity contribution in [1.29, 1.82) is 0 Å². The van der Waals surface area contributed by atoms with E-state index in [4.69, 9.17) is 32.7 Å². The standard InChI is InChI=1S/C33H31Cl2N3O7S/c1-33(2,3)45-32(41)37-15-13-36(14-16-37)19-23-27(39)12-11-22-29(40)28(44-30(22)23)17-20-18-38(26-10-5-4-7-21(20)26)46(42,43)31-24(34)8-6-9-25(31)35/h4-12,17-18,39H,13-16,19H2,1-3H3. The molecule has 3 aromatic carbocycles. The molecule has 1 amide bonds. The molecule has 0 saturated carbocycles. The summed E-state index contributed by atoms with van der Waals surface area (Å²) >= 11 is 12.5. The van der Waals surface area contributed by atoms with Gasteiger partial charge in [-0.3, -0.25) is 9.69 Å². The topological polar surface area (TPSA) is 118 Å². The summed E-state index contributed by atoms with van der Waals surface area (Å²) in [4.78, 5) is 29.5. The van der Waals surface area contributed by atoms with Crippen LogP contribution in [-0.2, 0) is 21.3 Å². The van der Waals surface area contributed by atoms with E-state index in [1.165, 1.54) is 36.5 Å². The minimum atomic E-state index is -4.23. The van der Waals surface area contributed by atoms with Gasteiger partial charge in [-0.05, 0) is 57.2 Å². The molecular weight excluding hydrogens is 653 g/mol. The number of carbonyl (C=O) groups is 2. The van der Waals surface area contributed by atoms with Crippen molar-refractivity contribution in [1.82, 2.24) is 13.8 Å². The minimum Gasteiger partial charge on any atom is -0.507 e. The van der Waals surface area contributed by atoms with Crippen molar-refractivity contribution in [3.05, 3.63) is 93.3 Å². The highest BCUT2D eigenvalue weighted by molar-refractivity contribution is 7.90. The fourth-order valence-electron chi connectivity index (χ4n) is 5.55. The highest BCUT2D eigenvalue weighted by atomic mass is 35.5. The first-order valence-corrected chi connectivity index (χ1v) is 16.7. The van der Waals surface area contributed by atoms with E-state index < -0.39 is 21.4 Å². The van der Waals surface area contributed by atoms with Crippen LogP contribution >= 0.6 is 23.2 Å². The van der Waals surface area contributed by atoms with Crippen LogP contribution in [0.15, 0.2) is 71.4 Å². The van der Waals surface area contributed by atoms with Crippen LogP contribution in [0.3, 0.4) is 0 Å². The second kappa shape index (κ2) is 12.0. The lowest BCUT2D eigenvalue weighted by Crippen LogP contribution is -2.49. The van der Waals surface area contributed by atoms with E-state index in [-0.39, 0.29) is 50.4 Å². The van der Waals surface area contributed by atoms with Crippen molar-refractivity contribution in [3.63, 3.8) is 0 Å². The zero-order chi connectivity index (χ0) is 33.0. The van der Waals surface area contributed by atoms with Crippen LogP contribution in [-0.4, -0.2) is 71.0 Å². The first-order valence-electron chi connectivity index (χ1n) is 14.5. The van der Waals surface area contributed by atoms with Crippen molar-refractivity contribution >= 4 is 62.1 Å². The van der Waals surface area contributed by atoms with Gasteiger partial charge in [0.15, 0.2) is 5.76 Å². The fourth-order valence-corrected chi connectivity index (χ4v) is 8.02. The van der Waals surface area contributed by atoms with E-state index >= 15 is 0 Å². The Morgan fingerprint density at radius 3 is 2.35 bits per heavy atom. The second-order valence-electron chi connectivity index (χ2n) is 12.1. The number of Topliss-reactive ketones (excluding diaryl/α,β-unsaturated/α-hetero) is 1. The van der Waals surface area contributed by atoms with Gasteiger partial charge in [0, 0.05) is 49.9 Å². The Morgan fingerprint density at radius 1 is 1.00 bits per heavy atom. The number of nitrogens with zero attached hydrogens (tertiary/aromatic N) is 3. The average molecular weight is 685 g/mol. The molecular formula is C33H31Cl2N3O7S. The summed E-state index contributed by atoms with van der Waals surface area (Å²) < 4.78 is 40.2. The number of phenols is 1. The Bertz CT molecular complexity index is 2000. The Hall–Kier alpha value is -4.03. The Labute approximate surface area is 276 Å². The molecule has 0 spiro atoms. The van der Waals surface area contributed by atoms with E-state index in [0.717, 1.165) is 3.97 Å². The van der Waals surface area contributed by atoms with Crippen molar-refractivity contribution in [2.45, 2.75) is 37.8 Å². The van der Waals surface area contributed by atoms with Gasteiger partial charge in [0.1, 0.15) is 22.0 Å². The highest BCUT2D eigenvalue weighted by Gasteiger charge is 2.34. The summed E-state index contributed by atoms with van der Waals surface area (Å²) in [6.07, 6.45) is 2.52. The minimum absolute atomic E-state index is 0.0199. The number of allylic oxidation sites excluding steroid dienone is 1. The second-order valence-corrected chi connectivity index (χ2v) is 14.6. The predicted octanol–water partition coefficient (Wildman–Crippen LogP) is 6.56. The lowest BCUT2D eigenvalue weighted by molar-refractivity contribution is 0.0137. The molecule has 0 aliphatic carbocycles. The Kier molecular flexibility index (Phi) is 8.30. The van der Waals surface area contributed by atoms with Crippen LogP contribution in [0.2, 0.25) is 10.0 Å². The maximum absolute atomic E-state index is 13.8. The number of aromatic nitrogens is 1. The molecule has 6 rings (SSSR count). The number of halogens is 2. The molecule has 1 aromatic heterocycles. The number of fused-ring (bicyclic) bond motifs is 2. The lowest BCUT2D eigenvalue weighted by atomic mass is 10.0. The summed E-state index contributed by atoms with van der Waals surface area (Å²) in [6.45, 7) is 7.70. The highest BCUT2D eigenvalue weighted by Crippen LogP contribution is 2.41. The Balaban J connectivity index is 1.29. The number of benzene rings is 3. The normalized spacial score (nSPS) is 16.6. The quantitative estimate of drug-likeness (QED) is 0.235. The molecule has 46 heavy (non-hydrogen) atoms. The molecule has 0 atom stereocenters. The van der Waals surface area contributed by atoms with Crippen LogP contribution in [0.4, 0.5) is 4.79 Å². The van der Waals surface area contributed by atoms with E-state index in [0.29, 0.717) is 48.2 Å². The first-order chi connectivity index (χ1) is 21.7. The first kappa shape index (κ1) is 31.9. The van der Waals surface area contributed by atoms with Crippen LogP contribution in [0.1, 0.15) is 42.3 Å². The molecule has 0 bridgehead atoms. The number of amides is 1. The number of carbonyl (C=O) groups excluding carboxylic acids is 2.